The van der Waals surface area contributed by atoms with Crippen molar-refractivity contribution in [3.63, 3.8) is 0 Å². The minimum atomic E-state index is -1.61. The van der Waals surface area contributed by atoms with E-state index >= 15 is 0 Å². The normalized spacial score (nSPS) is 20.7. The first-order valence-electron chi connectivity index (χ1n) is 27.2. The number of aliphatic hydroxyl groups is 6. The van der Waals surface area contributed by atoms with Crippen LogP contribution in [0.15, 0.2) is 24.3 Å². The molecule has 0 saturated carbocycles. The van der Waals surface area contributed by atoms with Gasteiger partial charge in [0.1, 0.15) is 30.5 Å². The molecule has 8 atom stereocenters. The van der Waals surface area contributed by atoms with Crippen LogP contribution in [0.5, 0.6) is 0 Å². The molecule has 1 rings (SSSR count). The van der Waals surface area contributed by atoms with E-state index in [1.165, 1.54) is 186 Å². The summed E-state index contributed by atoms with van der Waals surface area (Å²) in [7, 11) is 0. The molecule has 0 radical (unpaired) electrons. The summed E-state index contributed by atoms with van der Waals surface area (Å²) in [5, 5.41) is 64.8. The molecule has 1 aliphatic rings. The van der Waals surface area contributed by atoms with E-state index in [1.807, 2.05) is 6.08 Å². The summed E-state index contributed by atoms with van der Waals surface area (Å²) >= 11 is 0. The van der Waals surface area contributed by atoms with Crippen molar-refractivity contribution < 1.29 is 44.9 Å². The van der Waals surface area contributed by atoms with E-state index in [1.54, 1.807) is 6.08 Å². The molecule has 1 aliphatic heterocycles. The summed E-state index contributed by atoms with van der Waals surface area (Å²) in [6, 6.07) is -0.978. The number of hydrogen-bond donors (Lipinski definition) is 7. The number of hydrogen-bond acceptors (Lipinski definition) is 9. The Morgan fingerprint density at radius 3 is 1.31 bits per heavy atom. The van der Waals surface area contributed by atoms with Gasteiger partial charge in [-0.2, -0.15) is 0 Å². The third kappa shape index (κ3) is 33.2. The average molecular weight is 910 g/mol. The lowest BCUT2D eigenvalue weighted by Crippen LogP contribution is -2.60. The predicted octanol–water partition coefficient (Wildman–Crippen LogP) is 11.6. The van der Waals surface area contributed by atoms with Crippen molar-refractivity contribution in [1.82, 2.24) is 5.32 Å². The molecule has 0 aromatic heterocycles. The molecule has 10 nitrogen and oxygen atoms in total. The molecule has 0 bridgehead atoms. The number of nitrogens with one attached hydrogen (secondary N) is 1. The smallest absolute Gasteiger partial charge is 0.249 e. The minimum absolute atomic E-state index is 0.304. The summed E-state index contributed by atoms with van der Waals surface area (Å²) in [5.41, 5.74) is 0. The van der Waals surface area contributed by atoms with Crippen molar-refractivity contribution in [1.29, 1.82) is 0 Å². The van der Waals surface area contributed by atoms with E-state index in [-0.39, 0.29) is 6.61 Å². The molecule has 0 spiro atoms. The maximum absolute atomic E-state index is 13.1. The Morgan fingerprint density at radius 1 is 0.531 bits per heavy atom. The van der Waals surface area contributed by atoms with Crippen molar-refractivity contribution in [2.24, 2.45) is 0 Å². The van der Waals surface area contributed by atoms with Crippen molar-refractivity contribution in [2.75, 3.05) is 13.2 Å². The fourth-order valence-corrected chi connectivity index (χ4v) is 8.69. The van der Waals surface area contributed by atoms with Gasteiger partial charge in [0.15, 0.2) is 6.29 Å². The van der Waals surface area contributed by atoms with E-state index in [0.717, 1.165) is 44.9 Å². The van der Waals surface area contributed by atoms with Gasteiger partial charge in [-0.05, 0) is 44.9 Å². The van der Waals surface area contributed by atoms with Crippen LogP contribution < -0.4 is 5.32 Å². The monoisotopic (exact) mass is 910 g/mol. The molecule has 0 aromatic rings. The Labute approximate surface area is 392 Å². The van der Waals surface area contributed by atoms with Crippen LogP contribution in [0.3, 0.4) is 0 Å². The van der Waals surface area contributed by atoms with Crippen LogP contribution in [-0.4, -0.2) is 98.7 Å². The molecule has 7 N–H and O–H groups in total. The van der Waals surface area contributed by atoms with Gasteiger partial charge >= 0.3 is 0 Å². The van der Waals surface area contributed by atoms with Crippen molar-refractivity contribution in [3.8, 4) is 0 Å². The lowest BCUT2D eigenvalue weighted by molar-refractivity contribution is -0.302. The fourth-order valence-electron chi connectivity index (χ4n) is 8.69. The van der Waals surface area contributed by atoms with E-state index in [9.17, 15) is 35.4 Å². The van der Waals surface area contributed by atoms with Gasteiger partial charge in [-0.25, -0.2) is 0 Å². The Morgan fingerprint density at radius 2 is 0.906 bits per heavy atom. The van der Waals surface area contributed by atoms with Gasteiger partial charge < -0.3 is 45.4 Å². The lowest BCUT2D eigenvalue weighted by atomic mass is 9.99. The minimum Gasteiger partial charge on any atom is -0.394 e. The first kappa shape index (κ1) is 60.6. The van der Waals surface area contributed by atoms with Crippen molar-refractivity contribution >= 4 is 5.91 Å². The van der Waals surface area contributed by atoms with Gasteiger partial charge in [-0.1, -0.05) is 231 Å². The Bertz CT molecular complexity index is 1070. The van der Waals surface area contributed by atoms with Gasteiger partial charge in [0, 0.05) is 0 Å². The maximum Gasteiger partial charge on any atom is 0.249 e. The maximum atomic E-state index is 13.1. The highest BCUT2D eigenvalue weighted by molar-refractivity contribution is 5.80. The highest BCUT2D eigenvalue weighted by Gasteiger charge is 2.44. The molecule has 0 aliphatic carbocycles. The average Bonchev–Trinajstić information content (AvgIpc) is 3.29. The van der Waals surface area contributed by atoms with E-state index in [0.29, 0.717) is 6.42 Å². The quantitative estimate of drug-likeness (QED) is 0.0232. The van der Waals surface area contributed by atoms with Gasteiger partial charge in [0.25, 0.3) is 0 Å². The number of carbonyl (C=O) groups excluding carboxylic acids is 1. The van der Waals surface area contributed by atoms with Crippen LogP contribution in [0.2, 0.25) is 0 Å². The second kappa shape index (κ2) is 44.2. The number of unbranched alkanes of at least 4 members (excludes halogenated alkanes) is 33. The number of carbonyl (C=O) groups is 1. The number of aliphatic hydroxyl groups excluding tert-OH is 6. The molecular formula is C54H103NO9. The zero-order valence-electron chi connectivity index (χ0n) is 41.4. The van der Waals surface area contributed by atoms with Crippen LogP contribution in [0.25, 0.3) is 0 Å². The third-order valence-electron chi connectivity index (χ3n) is 13.1. The summed E-state index contributed by atoms with van der Waals surface area (Å²) in [5.74, 6) is -0.615. The fraction of sp³-hybridized carbons (Fsp3) is 0.907. The van der Waals surface area contributed by atoms with Crippen molar-refractivity contribution in [3.05, 3.63) is 24.3 Å². The summed E-state index contributed by atoms with van der Waals surface area (Å²) in [6.45, 7) is 3.62. The topological polar surface area (TPSA) is 169 Å². The lowest BCUT2D eigenvalue weighted by Gasteiger charge is -2.40. The summed E-state index contributed by atoms with van der Waals surface area (Å²) in [4.78, 5) is 13.1. The molecular weight excluding hydrogens is 807 g/mol. The van der Waals surface area contributed by atoms with E-state index in [4.69, 9.17) is 9.47 Å². The number of ether oxygens (including phenoxy) is 2. The molecule has 378 valence electrons. The molecule has 1 saturated heterocycles. The van der Waals surface area contributed by atoms with Crippen LogP contribution in [0.4, 0.5) is 0 Å². The van der Waals surface area contributed by atoms with E-state index < -0.39 is 61.5 Å². The highest BCUT2D eigenvalue weighted by Crippen LogP contribution is 2.23. The Balaban J connectivity index is 2.25. The van der Waals surface area contributed by atoms with Crippen LogP contribution in [0, 0.1) is 0 Å². The molecule has 8 unspecified atom stereocenters. The molecule has 1 amide bonds. The van der Waals surface area contributed by atoms with Crippen LogP contribution in [-0.2, 0) is 14.3 Å². The second-order valence-corrected chi connectivity index (χ2v) is 19.2. The molecule has 1 fully saturated rings. The van der Waals surface area contributed by atoms with Crippen LogP contribution >= 0.6 is 0 Å². The van der Waals surface area contributed by atoms with Gasteiger partial charge in [-0.3, -0.25) is 4.79 Å². The number of allylic oxidation sites excluding steroid dienone is 3. The third-order valence-corrected chi connectivity index (χ3v) is 13.1. The SMILES string of the molecule is CCCCCCCCCCCCC/C=C/C(O)C(COC1OC(CO)C(O)C(O)C1O)NC(=O)C(O)CCCCCCCCCCCC/C=C\CCCCCCCCCCCCCC. The van der Waals surface area contributed by atoms with Crippen LogP contribution in [0.1, 0.15) is 251 Å². The largest absolute Gasteiger partial charge is 0.394 e. The standard InChI is InChI=1S/C54H103NO9/c1-3-5-7-9-11-13-15-17-18-19-20-21-22-23-24-25-26-27-28-29-31-33-35-37-39-41-43-48(58)53(62)55-46(45-63-54-52(61)51(60)50(59)49(44-56)64-54)47(57)42-40-38-36-34-32-30-16-14-12-10-8-6-4-2/h23-24,40,42,46-52,54,56-61H,3-22,25-39,41,43-45H2,1-2H3,(H,55,62)/b24-23-,42-40+. The molecule has 0 aromatic carbocycles. The predicted molar refractivity (Wildman–Crippen MR) is 264 cm³/mol. The Kier molecular flexibility index (Phi) is 41.8. The Hall–Kier alpha value is -1.37. The zero-order valence-corrected chi connectivity index (χ0v) is 41.4. The zero-order chi connectivity index (χ0) is 46.7. The van der Waals surface area contributed by atoms with Gasteiger partial charge in [0.05, 0.1) is 25.4 Å². The second-order valence-electron chi connectivity index (χ2n) is 19.2. The number of rotatable bonds is 46. The number of amides is 1. The molecule has 1 heterocycles. The molecule has 64 heavy (non-hydrogen) atoms. The first-order valence-corrected chi connectivity index (χ1v) is 27.2. The van der Waals surface area contributed by atoms with Crippen molar-refractivity contribution in [2.45, 2.75) is 300 Å². The van der Waals surface area contributed by atoms with Gasteiger partial charge in [0.2, 0.25) is 5.91 Å². The van der Waals surface area contributed by atoms with E-state index in [2.05, 4.69) is 31.3 Å². The highest BCUT2D eigenvalue weighted by atomic mass is 16.7. The summed E-state index contributed by atoms with van der Waals surface area (Å²) < 4.78 is 11.2. The summed E-state index contributed by atoms with van der Waals surface area (Å²) in [6.07, 6.45) is 44.2. The van der Waals surface area contributed by atoms with Gasteiger partial charge in [-0.15, -0.1) is 0 Å². The first-order chi connectivity index (χ1) is 31.3. The molecule has 10 heteroatoms.